The van der Waals surface area contributed by atoms with Crippen molar-refractivity contribution in [1.82, 2.24) is 5.32 Å². The highest BCUT2D eigenvalue weighted by Gasteiger charge is 2.43. The maximum Gasteiger partial charge on any atom is 0.254 e. The number of halogens is 2. The Balaban J connectivity index is 1.85. The van der Waals surface area contributed by atoms with Gasteiger partial charge in [-0.05, 0) is 48.6 Å². The molecular formula is C25H24Cl2N2O2. The summed E-state index contributed by atoms with van der Waals surface area (Å²) in [6.45, 7) is 6.03. The number of carbonyl (C=O) groups is 2. The van der Waals surface area contributed by atoms with Gasteiger partial charge in [-0.2, -0.15) is 0 Å². The van der Waals surface area contributed by atoms with Crippen LogP contribution in [0.4, 0.5) is 5.69 Å². The van der Waals surface area contributed by atoms with Crippen LogP contribution in [0.1, 0.15) is 45.1 Å². The fourth-order valence-corrected chi connectivity index (χ4v) is 5.02. The molecule has 4 rings (SSSR count). The van der Waals surface area contributed by atoms with Gasteiger partial charge in [-0.15, -0.1) is 0 Å². The number of hydrogen-bond donors (Lipinski definition) is 2. The Kier molecular flexibility index (Phi) is 5.71. The van der Waals surface area contributed by atoms with E-state index in [0.29, 0.717) is 44.6 Å². The summed E-state index contributed by atoms with van der Waals surface area (Å²) in [5, 5.41) is 7.26. The summed E-state index contributed by atoms with van der Waals surface area (Å²) in [6, 6.07) is 14.5. The molecular weight excluding hydrogens is 431 g/mol. The third kappa shape index (κ3) is 4.28. The molecule has 1 amide bonds. The third-order valence-corrected chi connectivity index (χ3v) is 6.35. The predicted molar refractivity (Wildman–Crippen MR) is 125 cm³/mol. The molecule has 0 fully saturated rings. The zero-order chi connectivity index (χ0) is 22.3. The molecule has 1 aliphatic carbocycles. The van der Waals surface area contributed by atoms with Crippen LogP contribution in [0.25, 0.3) is 0 Å². The van der Waals surface area contributed by atoms with Crippen LogP contribution >= 0.6 is 23.2 Å². The fraction of sp³-hybridized carbons (Fsp3) is 0.280. The van der Waals surface area contributed by atoms with Crippen LogP contribution in [0.2, 0.25) is 10.0 Å². The molecule has 0 bridgehead atoms. The van der Waals surface area contributed by atoms with E-state index in [2.05, 4.69) is 24.5 Å². The van der Waals surface area contributed by atoms with Gasteiger partial charge < -0.3 is 10.6 Å². The molecule has 1 unspecified atom stereocenters. The van der Waals surface area contributed by atoms with Gasteiger partial charge in [-0.25, -0.2) is 0 Å². The van der Waals surface area contributed by atoms with Crippen molar-refractivity contribution in [2.24, 2.45) is 5.41 Å². The lowest BCUT2D eigenvalue weighted by Gasteiger charge is -2.39. The monoisotopic (exact) mass is 454 g/mol. The molecule has 0 saturated heterocycles. The number of rotatable bonds is 3. The molecule has 4 nitrogen and oxygen atoms in total. The lowest BCUT2D eigenvalue weighted by Crippen LogP contribution is -2.39. The quantitative estimate of drug-likeness (QED) is 0.577. The van der Waals surface area contributed by atoms with Crippen LogP contribution in [-0.2, 0) is 9.59 Å². The number of dihydropyridines is 1. The van der Waals surface area contributed by atoms with Gasteiger partial charge in [0.1, 0.15) is 0 Å². The SMILES string of the molecule is CC1=C(C(=O)Nc2ccccc2)C(c2ccc(Cl)cc2Cl)C2=C(CC(C)(C)CC2=O)N1. The highest BCUT2D eigenvalue weighted by molar-refractivity contribution is 6.35. The third-order valence-electron chi connectivity index (χ3n) is 5.79. The summed E-state index contributed by atoms with van der Waals surface area (Å²) in [6.07, 6.45) is 1.14. The van der Waals surface area contributed by atoms with Crippen molar-refractivity contribution in [2.75, 3.05) is 5.32 Å². The van der Waals surface area contributed by atoms with E-state index in [9.17, 15) is 9.59 Å². The summed E-state index contributed by atoms with van der Waals surface area (Å²) in [7, 11) is 0. The zero-order valence-electron chi connectivity index (χ0n) is 17.7. The first-order valence-corrected chi connectivity index (χ1v) is 11.0. The molecule has 0 radical (unpaired) electrons. The Hall–Kier alpha value is -2.56. The van der Waals surface area contributed by atoms with Crippen molar-refractivity contribution < 1.29 is 9.59 Å². The first kappa shape index (κ1) is 21.7. The molecule has 1 atom stereocenters. The molecule has 2 N–H and O–H groups in total. The van der Waals surface area contributed by atoms with Crippen LogP contribution < -0.4 is 10.6 Å². The van der Waals surface area contributed by atoms with Crippen molar-refractivity contribution in [1.29, 1.82) is 0 Å². The van der Waals surface area contributed by atoms with Crippen LogP contribution in [-0.4, -0.2) is 11.7 Å². The second-order valence-electron chi connectivity index (χ2n) is 8.92. The van der Waals surface area contributed by atoms with Gasteiger partial charge in [0.15, 0.2) is 5.78 Å². The molecule has 160 valence electrons. The smallest absolute Gasteiger partial charge is 0.254 e. The Morgan fingerprint density at radius 2 is 1.81 bits per heavy atom. The molecule has 0 aromatic heterocycles. The zero-order valence-corrected chi connectivity index (χ0v) is 19.2. The molecule has 2 aromatic carbocycles. The highest BCUT2D eigenvalue weighted by atomic mass is 35.5. The first-order chi connectivity index (χ1) is 14.7. The average Bonchev–Trinajstić information content (AvgIpc) is 2.66. The van der Waals surface area contributed by atoms with Crippen LogP contribution in [0.15, 0.2) is 71.1 Å². The molecule has 2 aromatic rings. The lowest BCUT2D eigenvalue weighted by atomic mass is 9.68. The summed E-state index contributed by atoms with van der Waals surface area (Å²) >= 11 is 12.7. The summed E-state index contributed by atoms with van der Waals surface area (Å²) < 4.78 is 0. The number of nitrogens with one attached hydrogen (secondary N) is 2. The van der Waals surface area contributed by atoms with Crippen molar-refractivity contribution in [3.05, 3.63) is 86.7 Å². The predicted octanol–water partition coefficient (Wildman–Crippen LogP) is 6.24. The minimum Gasteiger partial charge on any atom is -0.362 e. The number of anilines is 1. The van der Waals surface area contributed by atoms with E-state index in [0.717, 1.165) is 12.1 Å². The van der Waals surface area contributed by atoms with Crippen molar-refractivity contribution in [2.45, 2.75) is 39.5 Å². The Labute approximate surface area is 192 Å². The molecule has 1 aliphatic heterocycles. The van der Waals surface area contributed by atoms with Gasteiger partial charge >= 0.3 is 0 Å². The van der Waals surface area contributed by atoms with Gasteiger partial charge in [0.05, 0.1) is 0 Å². The van der Waals surface area contributed by atoms with Gasteiger partial charge in [-0.3, -0.25) is 9.59 Å². The number of hydrogen-bond acceptors (Lipinski definition) is 3. The normalized spacial score (nSPS) is 20.3. The Bertz CT molecular complexity index is 1130. The average molecular weight is 455 g/mol. The fourth-order valence-electron chi connectivity index (χ4n) is 4.50. The maximum atomic E-state index is 13.4. The first-order valence-electron chi connectivity index (χ1n) is 10.2. The molecule has 0 spiro atoms. The number of Topliss-reactive ketones (excluding diaryl/α,β-unsaturated/α-hetero) is 1. The van der Waals surface area contributed by atoms with Crippen molar-refractivity contribution in [3.63, 3.8) is 0 Å². The van der Waals surface area contributed by atoms with Gasteiger partial charge in [0, 0.05) is 50.6 Å². The van der Waals surface area contributed by atoms with E-state index in [1.807, 2.05) is 37.3 Å². The minimum atomic E-state index is -0.562. The number of ketones is 1. The number of amides is 1. The van der Waals surface area contributed by atoms with Gasteiger partial charge in [-0.1, -0.05) is 61.3 Å². The largest absolute Gasteiger partial charge is 0.362 e. The van der Waals surface area contributed by atoms with E-state index in [1.54, 1.807) is 18.2 Å². The van der Waals surface area contributed by atoms with Gasteiger partial charge in [0.2, 0.25) is 0 Å². The number of carbonyl (C=O) groups excluding carboxylic acids is 2. The number of para-hydroxylation sites is 1. The maximum absolute atomic E-state index is 13.4. The Morgan fingerprint density at radius 3 is 2.48 bits per heavy atom. The van der Waals surface area contributed by atoms with Crippen molar-refractivity contribution in [3.8, 4) is 0 Å². The van der Waals surface area contributed by atoms with E-state index in [-0.39, 0.29) is 17.1 Å². The lowest BCUT2D eigenvalue weighted by molar-refractivity contribution is -0.118. The number of benzene rings is 2. The summed E-state index contributed by atoms with van der Waals surface area (Å²) in [5.41, 5.74) is 3.92. The topological polar surface area (TPSA) is 58.2 Å². The summed E-state index contributed by atoms with van der Waals surface area (Å²) in [5.74, 6) is -0.794. The van der Waals surface area contributed by atoms with Gasteiger partial charge in [0.25, 0.3) is 5.91 Å². The van der Waals surface area contributed by atoms with E-state index in [1.165, 1.54) is 0 Å². The molecule has 6 heteroatoms. The van der Waals surface area contributed by atoms with Crippen LogP contribution in [0, 0.1) is 5.41 Å². The molecule has 0 saturated carbocycles. The minimum absolute atomic E-state index is 0.0345. The summed E-state index contributed by atoms with van der Waals surface area (Å²) in [4.78, 5) is 26.8. The van der Waals surface area contributed by atoms with E-state index in [4.69, 9.17) is 23.2 Å². The highest BCUT2D eigenvalue weighted by Crippen LogP contribution is 2.48. The molecule has 31 heavy (non-hydrogen) atoms. The van der Waals surface area contributed by atoms with Crippen LogP contribution in [0.3, 0.4) is 0 Å². The second kappa shape index (κ2) is 8.18. The van der Waals surface area contributed by atoms with Crippen LogP contribution in [0.5, 0.6) is 0 Å². The number of allylic oxidation sites excluding steroid dienone is 3. The molecule has 1 heterocycles. The van der Waals surface area contributed by atoms with E-state index < -0.39 is 5.92 Å². The standard InChI is InChI=1S/C25H24Cl2N2O2/c1-14-21(24(31)29-16-7-5-4-6-8-16)22(17-10-9-15(26)11-18(17)27)23-19(28-14)12-25(2,3)13-20(23)30/h4-11,22,28H,12-13H2,1-3H3,(H,29,31). The second-order valence-corrected chi connectivity index (χ2v) is 9.76. The van der Waals surface area contributed by atoms with Crippen molar-refractivity contribution >= 4 is 40.6 Å². The molecule has 2 aliphatic rings. The van der Waals surface area contributed by atoms with E-state index >= 15 is 0 Å². The Morgan fingerprint density at radius 1 is 1.10 bits per heavy atom.